The van der Waals surface area contributed by atoms with Crippen molar-refractivity contribution >= 4 is 17.8 Å². The Labute approximate surface area is 102 Å². The van der Waals surface area contributed by atoms with E-state index < -0.39 is 5.51 Å². The third-order valence-electron chi connectivity index (χ3n) is 1.75. The third kappa shape index (κ3) is 6.19. The lowest BCUT2D eigenvalue weighted by molar-refractivity contribution is -0.0328. The van der Waals surface area contributed by atoms with Gasteiger partial charge in [-0.25, -0.2) is 0 Å². The first-order valence-corrected chi connectivity index (χ1v) is 5.63. The van der Waals surface area contributed by atoms with Gasteiger partial charge in [0, 0.05) is 4.90 Å². The summed E-state index contributed by atoms with van der Waals surface area (Å²) in [6, 6.07) is 6.07. The van der Waals surface area contributed by atoms with Crippen LogP contribution in [0.2, 0.25) is 0 Å². The van der Waals surface area contributed by atoms with E-state index in [-0.39, 0.29) is 23.3 Å². The highest BCUT2D eigenvalue weighted by atomic mass is 32.2. The topological polar surface area (TPSA) is 20.2 Å². The van der Waals surface area contributed by atoms with Crippen molar-refractivity contribution in [2.75, 3.05) is 6.61 Å². The van der Waals surface area contributed by atoms with Crippen LogP contribution in [-0.4, -0.2) is 17.2 Å². The van der Waals surface area contributed by atoms with E-state index in [1.807, 2.05) is 0 Å². The highest BCUT2D eigenvalue weighted by Crippen LogP contribution is 2.36. The second-order valence-corrected chi connectivity index (χ2v) is 4.23. The van der Waals surface area contributed by atoms with Gasteiger partial charge in [-0.3, -0.25) is 0 Å². The largest absolute Gasteiger partial charge is 0.446 e. The average molecular weight is 260 g/mol. The molecule has 0 aliphatic carbocycles. The number of allylic oxidation sites excluding steroid dienone is 2. The highest BCUT2D eigenvalue weighted by molar-refractivity contribution is 8.00. The number of alkyl halides is 3. The van der Waals surface area contributed by atoms with Crippen molar-refractivity contribution in [1.29, 1.82) is 0 Å². The summed E-state index contributed by atoms with van der Waals surface area (Å²) in [5, 5.41) is 8.48. The molecule has 0 saturated heterocycles. The summed E-state index contributed by atoms with van der Waals surface area (Å²) in [5.74, 6) is 0. The lowest BCUT2D eigenvalue weighted by Gasteiger charge is -2.05. The SMILES string of the molecule is OC/C=C/C=C/c1ccc(SC(F)(F)F)cc1. The third-order valence-corrected chi connectivity index (χ3v) is 2.49. The minimum atomic E-state index is -4.25. The first kappa shape index (κ1) is 13.9. The van der Waals surface area contributed by atoms with Gasteiger partial charge in [0.05, 0.1) is 6.61 Å². The molecule has 0 aromatic heterocycles. The molecule has 1 aromatic carbocycles. The molecule has 0 fully saturated rings. The van der Waals surface area contributed by atoms with Gasteiger partial charge in [0.2, 0.25) is 0 Å². The molecule has 0 unspecified atom stereocenters. The monoisotopic (exact) mass is 260 g/mol. The van der Waals surface area contributed by atoms with E-state index in [1.165, 1.54) is 12.1 Å². The zero-order valence-electron chi connectivity index (χ0n) is 8.82. The fourth-order valence-electron chi connectivity index (χ4n) is 1.09. The minimum Gasteiger partial charge on any atom is -0.392 e. The van der Waals surface area contributed by atoms with Crippen LogP contribution in [0.5, 0.6) is 0 Å². The normalized spacial score (nSPS) is 12.7. The van der Waals surface area contributed by atoms with Gasteiger partial charge in [0.15, 0.2) is 0 Å². The van der Waals surface area contributed by atoms with Crippen molar-refractivity contribution in [3.05, 3.63) is 48.1 Å². The fourth-order valence-corrected chi connectivity index (χ4v) is 1.63. The number of hydrogen-bond donors (Lipinski definition) is 1. The first-order valence-electron chi connectivity index (χ1n) is 4.81. The second kappa shape index (κ2) is 6.51. The molecule has 0 amide bonds. The molecule has 0 aliphatic heterocycles. The maximum absolute atomic E-state index is 12.0. The molecule has 1 nitrogen and oxygen atoms in total. The van der Waals surface area contributed by atoms with Crippen LogP contribution in [0, 0.1) is 0 Å². The molecular formula is C12H11F3OS. The maximum atomic E-state index is 12.0. The van der Waals surface area contributed by atoms with E-state index in [4.69, 9.17) is 5.11 Å². The zero-order valence-corrected chi connectivity index (χ0v) is 9.63. The van der Waals surface area contributed by atoms with Crippen LogP contribution < -0.4 is 0 Å². The number of aliphatic hydroxyl groups excluding tert-OH is 1. The van der Waals surface area contributed by atoms with Crippen LogP contribution >= 0.6 is 11.8 Å². The lowest BCUT2D eigenvalue weighted by atomic mass is 10.2. The van der Waals surface area contributed by atoms with Crippen molar-refractivity contribution in [2.45, 2.75) is 10.4 Å². The molecule has 0 saturated carbocycles. The van der Waals surface area contributed by atoms with E-state index in [2.05, 4.69) is 0 Å². The van der Waals surface area contributed by atoms with Gasteiger partial charge in [-0.2, -0.15) is 13.2 Å². The van der Waals surface area contributed by atoms with Gasteiger partial charge in [0.1, 0.15) is 0 Å². The van der Waals surface area contributed by atoms with Crippen LogP contribution in [0.3, 0.4) is 0 Å². The number of halogens is 3. The van der Waals surface area contributed by atoms with Gasteiger partial charge >= 0.3 is 5.51 Å². The number of rotatable bonds is 4. The van der Waals surface area contributed by atoms with Gasteiger partial charge in [0.25, 0.3) is 0 Å². The van der Waals surface area contributed by atoms with Crippen LogP contribution in [0.15, 0.2) is 47.4 Å². The molecule has 0 heterocycles. The minimum absolute atomic E-state index is 0.0362. The Hall–Kier alpha value is -1.20. The van der Waals surface area contributed by atoms with E-state index in [9.17, 15) is 13.2 Å². The Kier molecular flexibility index (Phi) is 5.31. The quantitative estimate of drug-likeness (QED) is 0.655. The lowest BCUT2D eigenvalue weighted by Crippen LogP contribution is -1.98. The van der Waals surface area contributed by atoms with E-state index in [1.54, 1.807) is 36.4 Å². The molecule has 0 atom stereocenters. The first-order chi connectivity index (χ1) is 8.01. The summed E-state index contributed by atoms with van der Waals surface area (Å²) in [5.41, 5.74) is -3.44. The Morgan fingerprint density at radius 3 is 2.29 bits per heavy atom. The fraction of sp³-hybridized carbons (Fsp3) is 0.167. The van der Waals surface area contributed by atoms with Gasteiger partial charge in [-0.05, 0) is 29.5 Å². The molecule has 0 aliphatic rings. The standard InChI is InChI=1S/C12H11F3OS/c13-12(14,15)17-11-7-5-10(6-8-11)4-2-1-3-9-16/h1-8,16H,9H2/b3-1+,4-2+. The number of benzene rings is 1. The molecule has 1 N–H and O–H groups in total. The summed E-state index contributed by atoms with van der Waals surface area (Å²) >= 11 is -0.130. The van der Waals surface area contributed by atoms with Gasteiger partial charge < -0.3 is 5.11 Å². The van der Waals surface area contributed by atoms with Crippen molar-refractivity contribution in [3.63, 3.8) is 0 Å². The summed E-state index contributed by atoms with van der Waals surface area (Å²) < 4.78 is 36.1. The molecule has 0 radical (unpaired) electrons. The van der Waals surface area contributed by atoms with Gasteiger partial charge in [-0.1, -0.05) is 36.4 Å². The van der Waals surface area contributed by atoms with Crippen molar-refractivity contribution in [1.82, 2.24) is 0 Å². The van der Waals surface area contributed by atoms with E-state index in [0.29, 0.717) is 0 Å². The molecule has 5 heteroatoms. The molecule has 92 valence electrons. The Bertz CT molecular complexity index is 393. The number of aliphatic hydroxyl groups is 1. The summed E-state index contributed by atoms with van der Waals surface area (Å²) in [7, 11) is 0. The Balaban J connectivity index is 2.62. The molecule has 1 aromatic rings. The van der Waals surface area contributed by atoms with Gasteiger partial charge in [-0.15, -0.1) is 0 Å². The van der Waals surface area contributed by atoms with Crippen molar-refractivity contribution < 1.29 is 18.3 Å². The van der Waals surface area contributed by atoms with E-state index >= 15 is 0 Å². The number of thioether (sulfide) groups is 1. The van der Waals surface area contributed by atoms with Crippen LogP contribution in [0.1, 0.15) is 5.56 Å². The van der Waals surface area contributed by atoms with Crippen molar-refractivity contribution in [3.8, 4) is 0 Å². The molecular weight excluding hydrogens is 249 g/mol. The molecule has 1 rings (SSSR count). The second-order valence-electron chi connectivity index (χ2n) is 3.09. The predicted molar refractivity (Wildman–Crippen MR) is 63.6 cm³/mol. The van der Waals surface area contributed by atoms with Crippen LogP contribution in [-0.2, 0) is 0 Å². The maximum Gasteiger partial charge on any atom is 0.446 e. The Morgan fingerprint density at radius 2 is 1.76 bits per heavy atom. The zero-order chi connectivity index (χ0) is 12.7. The molecule has 0 spiro atoms. The van der Waals surface area contributed by atoms with Crippen LogP contribution in [0.25, 0.3) is 6.08 Å². The average Bonchev–Trinajstić information content (AvgIpc) is 2.25. The van der Waals surface area contributed by atoms with E-state index in [0.717, 1.165) is 5.56 Å². The molecule has 0 bridgehead atoms. The molecule has 17 heavy (non-hydrogen) atoms. The summed E-state index contributed by atoms with van der Waals surface area (Å²) in [6.45, 7) is -0.0362. The predicted octanol–water partition coefficient (Wildman–Crippen LogP) is 3.86. The summed E-state index contributed by atoms with van der Waals surface area (Å²) in [6.07, 6.45) is 6.68. The number of hydrogen-bond acceptors (Lipinski definition) is 2. The Morgan fingerprint density at radius 1 is 1.12 bits per heavy atom. The van der Waals surface area contributed by atoms with Crippen molar-refractivity contribution in [2.24, 2.45) is 0 Å². The smallest absolute Gasteiger partial charge is 0.392 e. The summed E-state index contributed by atoms with van der Waals surface area (Å²) in [4.78, 5) is 0.167. The highest BCUT2D eigenvalue weighted by Gasteiger charge is 2.28. The van der Waals surface area contributed by atoms with Crippen LogP contribution in [0.4, 0.5) is 13.2 Å².